The van der Waals surface area contributed by atoms with Crippen molar-refractivity contribution in [3.05, 3.63) is 27.1 Å². The van der Waals surface area contributed by atoms with E-state index >= 15 is 0 Å². The van der Waals surface area contributed by atoms with Gasteiger partial charge in [0.1, 0.15) is 0 Å². The Hall–Kier alpha value is -0.920. The summed E-state index contributed by atoms with van der Waals surface area (Å²) < 4.78 is 1.77. The molecule has 0 unspecified atom stereocenters. The van der Waals surface area contributed by atoms with Crippen LogP contribution in [0.2, 0.25) is 0 Å². The third kappa shape index (κ3) is 4.30. The molecule has 1 saturated heterocycles. The first-order valence-corrected chi connectivity index (χ1v) is 8.76. The van der Waals surface area contributed by atoms with Crippen LogP contribution in [0.4, 0.5) is 5.69 Å². The second kappa shape index (κ2) is 7.57. The van der Waals surface area contributed by atoms with E-state index in [1.165, 1.54) is 0 Å². The average Bonchev–Trinajstić information content (AvgIpc) is 2.49. The number of benzene rings is 1. The number of likely N-dealkylation sites (tertiary alicyclic amines) is 1. The number of anilines is 1. The maximum absolute atomic E-state index is 12.4. The summed E-state index contributed by atoms with van der Waals surface area (Å²) in [5, 5.41) is 2.93. The molecule has 2 amide bonds. The minimum Gasteiger partial charge on any atom is -0.369 e. The van der Waals surface area contributed by atoms with Gasteiger partial charge in [-0.05, 0) is 67.0 Å². The van der Waals surface area contributed by atoms with Gasteiger partial charge < -0.3 is 11.1 Å². The highest BCUT2D eigenvalue weighted by molar-refractivity contribution is 9.11. The lowest BCUT2D eigenvalue weighted by Gasteiger charge is -2.34. The number of carbonyl (C=O) groups excluding carboxylic acids is 2. The minimum absolute atomic E-state index is 0.0550. The van der Waals surface area contributed by atoms with Crippen LogP contribution in [0.25, 0.3) is 0 Å². The van der Waals surface area contributed by atoms with Gasteiger partial charge >= 0.3 is 0 Å². The van der Waals surface area contributed by atoms with E-state index in [9.17, 15) is 9.59 Å². The van der Waals surface area contributed by atoms with Gasteiger partial charge in [0.25, 0.3) is 0 Å². The number of nitrogens with two attached hydrogens (primary N) is 1. The molecule has 7 heteroatoms. The largest absolute Gasteiger partial charge is 0.369 e. The first kappa shape index (κ1) is 17.4. The lowest BCUT2D eigenvalue weighted by Crippen LogP contribution is -2.47. The average molecular weight is 433 g/mol. The zero-order valence-electron chi connectivity index (χ0n) is 12.3. The van der Waals surface area contributed by atoms with Crippen LogP contribution in [0, 0.1) is 5.92 Å². The van der Waals surface area contributed by atoms with E-state index in [-0.39, 0.29) is 23.8 Å². The molecule has 1 fully saturated rings. The Balaban J connectivity index is 1.94. The first-order chi connectivity index (χ1) is 10.4. The zero-order valence-corrected chi connectivity index (χ0v) is 15.5. The van der Waals surface area contributed by atoms with Crippen LogP contribution in [-0.4, -0.2) is 35.8 Å². The second-order valence-electron chi connectivity index (χ2n) is 5.50. The maximum Gasteiger partial charge on any atom is 0.241 e. The summed E-state index contributed by atoms with van der Waals surface area (Å²) in [6.45, 7) is 3.31. The first-order valence-electron chi connectivity index (χ1n) is 7.17. The quantitative estimate of drug-likeness (QED) is 0.767. The van der Waals surface area contributed by atoms with Crippen molar-refractivity contribution in [2.45, 2.75) is 25.8 Å². The molecule has 1 aliphatic heterocycles. The van der Waals surface area contributed by atoms with Gasteiger partial charge in [0.05, 0.1) is 11.7 Å². The monoisotopic (exact) mass is 431 g/mol. The molecular weight excluding hydrogens is 414 g/mol. The Morgan fingerprint density at radius 3 is 2.50 bits per heavy atom. The van der Waals surface area contributed by atoms with Gasteiger partial charge in [0.15, 0.2) is 0 Å². The van der Waals surface area contributed by atoms with E-state index in [0.29, 0.717) is 13.1 Å². The number of rotatable bonds is 4. The molecule has 0 bridgehead atoms. The zero-order chi connectivity index (χ0) is 16.3. The summed E-state index contributed by atoms with van der Waals surface area (Å²) in [5.74, 6) is -0.358. The fourth-order valence-corrected chi connectivity index (χ4v) is 3.71. The molecule has 1 aliphatic rings. The van der Waals surface area contributed by atoms with E-state index in [2.05, 4.69) is 42.1 Å². The van der Waals surface area contributed by atoms with Gasteiger partial charge in [-0.1, -0.05) is 15.9 Å². The van der Waals surface area contributed by atoms with Crippen molar-refractivity contribution in [2.75, 3.05) is 18.4 Å². The van der Waals surface area contributed by atoms with Gasteiger partial charge in [0, 0.05) is 14.9 Å². The lowest BCUT2D eigenvalue weighted by molar-refractivity contribution is -0.124. The van der Waals surface area contributed by atoms with Crippen molar-refractivity contribution in [1.82, 2.24) is 4.90 Å². The number of primary amides is 1. The van der Waals surface area contributed by atoms with Crippen LogP contribution in [0.5, 0.6) is 0 Å². The van der Waals surface area contributed by atoms with Crippen LogP contribution in [0.1, 0.15) is 19.8 Å². The van der Waals surface area contributed by atoms with Crippen molar-refractivity contribution < 1.29 is 9.59 Å². The lowest BCUT2D eigenvalue weighted by atomic mass is 9.95. The highest BCUT2D eigenvalue weighted by Gasteiger charge is 2.28. The SMILES string of the molecule is C[C@@H](C(=O)Nc1ccc(Br)cc1Br)N1CCC(C(N)=O)CC1. The molecule has 0 radical (unpaired) electrons. The molecule has 3 N–H and O–H groups in total. The number of halogens is 2. The molecule has 2 rings (SSSR count). The fraction of sp³-hybridized carbons (Fsp3) is 0.467. The Kier molecular flexibility index (Phi) is 6.00. The van der Waals surface area contributed by atoms with Crippen LogP contribution in [0.15, 0.2) is 27.1 Å². The van der Waals surface area contributed by atoms with E-state index in [4.69, 9.17) is 5.73 Å². The Labute approximate surface area is 146 Å². The van der Waals surface area contributed by atoms with Gasteiger partial charge in [0.2, 0.25) is 11.8 Å². The summed E-state index contributed by atoms with van der Waals surface area (Å²) in [4.78, 5) is 25.7. The van der Waals surface area contributed by atoms with E-state index < -0.39 is 0 Å². The molecule has 1 atom stereocenters. The Morgan fingerprint density at radius 1 is 1.32 bits per heavy atom. The van der Waals surface area contributed by atoms with E-state index in [0.717, 1.165) is 27.5 Å². The molecule has 1 heterocycles. The summed E-state index contributed by atoms with van der Waals surface area (Å²) in [7, 11) is 0. The highest BCUT2D eigenvalue weighted by atomic mass is 79.9. The summed E-state index contributed by atoms with van der Waals surface area (Å²) in [6, 6.07) is 5.37. The molecule has 0 spiro atoms. The number of amides is 2. The van der Waals surface area contributed by atoms with E-state index in [1.54, 1.807) is 0 Å². The normalized spacial score (nSPS) is 18.0. The predicted octanol–water partition coefficient (Wildman–Crippen LogP) is 2.74. The number of carbonyl (C=O) groups is 2. The van der Waals surface area contributed by atoms with E-state index in [1.807, 2.05) is 25.1 Å². The summed E-state index contributed by atoms with van der Waals surface area (Å²) in [5.41, 5.74) is 6.08. The van der Waals surface area contributed by atoms with Crippen molar-refractivity contribution in [3.63, 3.8) is 0 Å². The van der Waals surface area contributed by atoms with Gasteiger partial charge in [-0.3, -0.25) is 14.5 Å². The topological polar surface area (TPSA) is 75.4 Å². The Morgan fingerprint density at radius 2 is 1.95 bits per heavy atom. The van der Waals surface area contributed by atoms with Crippen molar-refractivity contribution in [3.8, 4) is 0 Å². The van der Waals surface area contributed by atoms with Crippen molar-refractivity contribution in [2.24, 2.45) is 11.7 Å². The van der Waals surface area contributed by atoms with Gasteiger partial charge in [-0.2, -0.15) is 0 Å². The maximum atomic E-state index is 12.4. The third-order valence-corrected chi connectivity index (χ3v) is 5.20. The molecule has 120 valence electrons. The number of nitrogens with one attached hydrogen (secondary N) is 1. The number of nitrogens with zero attached hydrogens (tertiary/aromatic N) is 1. The number of hydrogen-bond donors (Lipinski definition) is 2. The molecule has 1 aromatic carbocycles. The smallest absolute Gasteiger partial charge is 0.241 e. The highest BCUT2D eigenvalue weighted by Crippen LogP contribution is 2.27. The van der Waals surface area contributed by atoms with Crippen LogP contribution >= 0.6 is 31.9 Å². The summed E-state index contributed by atoms with van der Waals surface area (Å²) >= 11 is 6.82. The van der Waals surface area contributed by atoms with Crippen LogP contribution < -0.4 is 11.1 Å². The van der Waals surface area contributed by atoms with Crippen molar-refractivity contribution >= 4 is 49.4 Å². The minimum atomic E-state index is -0.246. The number of hydrogen-bond acceptors (Lipinski definition) is 3. The predicted molar refractivity (Wildman–Crippen MR) is 93.4 cm³/mol. The third-order valence-electron chi connectivity index (χ3n) is 4.05. The number of piperidine rings is 1. The van der Waals surface area contributed by atoms with Crippen molar-refractivity contribution in [1.29, 1.82) is 0 Å². The molecule has 0 aliphatic carbocycles. The summed E-state index contributed by atoms with van der Waals surface area (Å²) in [6.07, 6.45) is 1.43. The second-order valence-corrected chi connectivity index (χ2v) is 7.27. The van der Waals surface area contributed by atoms with Crippen LogP contribution in [0.3, 0.4) is 0 Å². The fourth-order valence-electron chi connectivity index (χ4n) is 2.57. The molecule has 1 aromatic rings. The van der Waals surface area contributed by atoms with Gasteiger partial charge in [-0.15, -0.1) is 0 Å². The molecule has 5 nitrogen and oxygen atoms in total. The van der Waals surface area contributed by atoms with Crippen LogP contribution in [-0.2, 0) is 9.59 Å². The molecule has 0 saturated carbocycles. The Bertz CT molecular complexity index is 572. The molecule has 0 aromatic heterocycles. The molecular formula is C15H19Br2N3O2. The van der Waals surface area contributed by atoms with Gasteiger partial charge in [-0.25, -0.2) is 0 Å². The molecule has 22 heavy (non-hydrogen) atoms. The standard InChI is InChI=1S/C15H19Br2N3O2/c1-9(20-6-4-10(5-7-20)14(18)21)15(22)19-13-3-2-11(16)8-12(13)17/h2-3,8-10H,4-7H2,1H3,(H2,18,21)(H,19,22)/t9-/m0/s1.